The number of fused-ring (bicyclic) bond motifs is 1. The third kappa shape index (κ3) is 4.95. The van der Waals surface area contributed by atoms with Crippen LogP contribution >= 0.6 is 11.6 Å². The van der Waals surface area contributed by atoms with Crippen LogP contribution < -0.4 is 10.9 Å². The molecule has 0 bridgehead atoms. The Hall–Kier alpha value is -3.30. The van der Waals surface area contributed by atoms with Crippen LogP contribution in [0.4, 0.5) is 11.4 Å². The van der Waals surface area contributed by atoms with E-state index in [-0.39, 0.29) is 35.0 Å². The lowest BCUT2D eigenvalue weighted by Gasteiger charge is -2.19. The molecule has 0 radical (unpaired) electrons. The highest BCUT2D eigenvalue weighted by atomic mass is 35.5. The summed E-state index contributed by atoms with van der Waals surface area (Å²) in [7, 11) is 0. The summed E-state index contributed by atoms with van der Waals surface area (Å²) in [4.78, 5) is 44.1. The molecule has 29 heavy (non-hydrogen) atoms. The first-order valence-corrected chi connectivity index (χ1v) is 9.19. The number of nitro groups is 1. The van der Waals surface area contributed by atoms with Gasteiger partial charge in [-0.1, -0.05) is 30.7 Å². The maximum absolute atomic E-state index is 12.4. The second-order valence-electron chi connectivity index (χ2n) is 6.30. The van der Waals surface area contributed by atoms with Gasteiger partial charge in [-0.2, -0.15) is 0 Å². The number of aromatic amines is 1. The zero-order valence-corrected chi connectivity index (χ0v) is 16.3. The Kier molecular flexibility index (Phi) is 6.20. The lowest BCUT2D eigenvalue weighted by molar-refractivity contribution is -0.383. The van der Waals surface area contributed by atoms with E-state index in [0.717, 1.165) is 0 Å². The third-order valence-corrected chi connectivity index (χ3v) is 4.52. The molecule has 0 aliphatic rings. The van der Waals surface area contributed by atoms with Crippen molar-refractivity contribution in [3.63, 3.8) is 0 Å². The number of hydrogen-bond acceptors (Lipinski definition) is 6. The number of nitro benzene ring substituents is 1. The second-order valence-corrected chi connectivity index (χ2v) is 6.74. The van der Waals surface area contributed by atoms with Gasteiger partial charge in [0.2, 0.25) is 5.91 Å². The molecule has 1 amide bonds. The molecule has 1 heterocycles. The van der Waals surface area contributed by atoms with E-state index in [1.54, 1.807) is 29.2 Å². The number of rotatable bonds is 7. The number of carbonyl (C=O) groups is 1. The van der Waals surface area contributed by atoms with Gasteiger partial charge in [0.15, 0.2) is 0 Å². The van der Waals surface area contributed by atoms with Crippen LogP contribution in [0.5, 0.6) is 0 Å². The van der Waals surface area contributed by atoms with Gasteiger partial charge in [0.1, 0.15) is 11.5 Å². The molecular weight excluding hydrogens is 398 g/mol. The van der Waals surface area contributed by atoms with Crippen molar-refractivity contribution in [1.82, 2.24) is 14.9 Å². The monoisotopic (exact) mass is 415 g/mol. The number of benzene rings is 2. The van der Waals surface area contributed by atoms with Gasteiger partial charge in [0.05, 0.1) is 28.9 Å². The van der Waals surface area contributed by atoms with E-state index < -0.39 is 10.8 Å². The topological polar surface area (TPSA) is 121 Å². The summed E-state index contributed by atoms with van der Waals surface area (Å²) in [5.41, 5.74) is 0.110. The van der Waals surface area contributed by atoms with Gasteiger partial charge in [-0.05, 0) is 30.8 Å². The van der Waals surface area contributed by atoms with Crippen LogP contribution in [0, 0.1) is 10.1 Å². The number of likely N-dealkylation sites (N-methyl/N-ethyl adjacent to an activating group) is 1. The molecule has 0 fully saturated rings. The number of H-pyrrole nitrogens is 1. The molecule has 0 aliphatic heterocycles. The zero-order valence-electron chi connectivity index (χ0n) is 15.5. The first-order chi connectivity index (χ1) is 13.9. The summed E-state index contributed by atoms with van der Waals surface area (Å²) in [5, 5.41) is 14.4. The molecule has 0 saturated heterocycles. The van der Waals surface area contributed by atoms with Crippen LogP contribution in [0.3, 0.4) is 0 Å². The summed E-state index contributed by atoms with van der Waals surface area (Å²) >= 11 is 5.79. The minimum Gasteiger partial charge on any atom is -0.319 e. The fraction of sp³-hybridized carbons (Fsp3) is 0.211. The van der Waals surface area contributed by atoms with E-state index in [1.165, 1.54) is 18.2 Å². The quantitative estimate of drug-likeness (QED) is 0.452. The number of halogens is 1. The fourth-order valence-corrected chi connectivity index (χ4v) is 3.02. The minimum absolute atomic E-state index is 0.0349. The van der Waals surface area contributed by atoms with Crippen molar-refractivity contribution in [3.05, 3.63) is 73.8 Å². The zero-order chi connectivity index (χ0) is 21.0. The third-order valence-electron chi connectivity index (χ3n) is 4.28. The molecule has 0 aliphatic carbocycles. The maximum atomic E-state index is 12.4. The largest absolute Gasteiger partial charge is 0.319 e. The summed E-state index contributed by atoms with van der Waals surface area (Å²) in [6.07, 6.45) is 0. The molecule has 0 unspecified atom stereocenters. The van der Waals surface area contributed by atoms with E-state index in [4.69, 9.17) is 11.6 Å². The van der Waals surface area contributed by atoms with Gasteiger partial charge >= 0.3 is 0 Å². The first kappa shape index (κ1) is 20.4. The van der Waals surface area contributed by atoms with E-state index in [1.807, 2.05) is 6.92 Å². The average Bonchev–Trinajstić information content (AvgIpc) is 2.68. The molecule has 150 valence electrons. The van der Waals surface area contributed by atoms with Crippen molar-refractivity contribution < 1.29 is 9.72 Å². The van der Waals surface area contributed by atoms with Crippen molar-refractivity contribution in [1.29, 1.82) is 0 Å². The first-order valence-electron chi connectivity index (χ1n) is 8.81. The number of carbonyl (C=O) groups excluding carboxylic acids is 1. The molecule has 2 N–H and O–H groups in total. The highest BCUT2D eigenvalue weighted by molar-refractivity contribution is 6.31. The Balaban J connectivity index is 1.73. The van der Waals surface area contributed by atoms with E-state index in [9.17, 15) is 19.7 Å². The van der Waals surface area contributed by atoms with Crippen molar-refractivity contribution in [2.75, 3.05) is 18.4 Å². The number of nitrogens with zero attached hydrogens (tertiary/aromatic N) is 3. The second kappa shape index (κ2) is 8.80. The Bertz CT molecular complexity index is 1130. The number of aromatic nitrogens is 2. The lowest BCUT2D eigenvalue weighted by Crippen LogP contribution is -2.34. The Morgan fingerprint density at radius 1 is 1.31 bits per heavy atom. The van der Waals surface area contributed by atoms with Gasteiger partial charge < -0.3 is 10.3 Å². The molecule has 2 aromatic carbocycles. The number of amides is 1. The summed E-state index contributed by atoms with van der Waals surface area (Å²) < 4.78 is 0. The summed E-state index contributed by atoms with van der Waals surface area (Å²) in [6, 6.07) is 11.0. The van der Waals surface area contributed by atoms with Crippen LogP contribution in [0.25, 0.3) is 10.9 Å². The highest BCUT2D eigenvalue weighted by Gasteiger charge is 2.18. The number of nitrogens with one attached hydrogen (secondary N) is 2. The fourth-order valence-electron chi connectivity index (χ4n) is 2.86. The molecule has 10 heteroatoms. The number of hydrogen-bond donors (Lipinski definition) is 2. The van der Waals surface area contributed by atoms with Crippen LogP contribution in [0.1, 0.15) is 12.7 Å². The standard InChI is InChI=1S/C19H18ClN5O4/c1-2-24(10-17-21-14-6-4-3-5-13(14)19(27)23-17)11-18(26)22-15-8-7-12(20)9-16(15)25(28)29/h3-9H,2,10-11H2,1H3,(H,22,26)(H,21,23,27). The predicted molar refractivity (Wildman–Crippen MR) is 110 cm³/mol. The van der Waals surface area contributed by atoms with Gasteiger partial charge in [0.25, 0.3) is 11.2 Å². The molecule has 0 spiro atoms. The Morgan fingerprint density at radius 3 is 2.79 bits per heavy atom. The minimum atomic E-state index is -0.608. The lowest BCUT2D eigenvalue weighted by atomic mass is 10.2. The summed E-state index contributed by atoms with van der Waals surface area (Å²) in [5.74, 6) is 0.00114. The number of para-hydroxylation sites is 1. The normalized spacial score (nSPS) is 11.0. The summed E-state index contributed by atoms with van der Waals surface area (Å²) in [6.45, 7) is 2.57. The van der Waals surface area contributed by atoms with Crippen LogP contribution in [0.2, 0.25) is 5.02 Å². The van der Waals surface area contributed by atoms with Crippen LogP contribution in [0.15, 0.2) is 47.3 Å². The SMILES string of the molecule is CCN(CC(=O)Nc1ccc(Cl)cc1[N+](=O)[O-])Cc1nc2ccccc2c(=O)[nH]1. The van der Waals surface area contributed by atoms with Gasteiger partial charge in [-0.3, -0.25) is 24.6 Å². The molecule has 3 rings (SSSR count). The molecule has 0 atom stereocenters. The molecule has 0 saturated carbocycles. The van der Waals surface area contributed by atoms with Crippen molar-refractivity contribution >= 4 is 39.8 Å². The van der Waals surface area contributed by atoms with Crippen molar-refractivity contribution in [2.24, 2.45) is 0 Å². The Labute approximate surface area is 170 Å². The maximum Gasteiger partial charge on any atom is 0.294 e. The van der Waals surface area contributed by atoms with Crippen molar-refractivity contribution in [3.8, 4) is 0 Å². The molecule has 1 aromatic heterocycles. The molecule has 3 aromatic rings. The number of anilines is 1. The van der Waals surface area contributed by atoms with Crippen LogP contribution in [-0.2, 0) is 11.3 Å². The Morgan fingerprint density at radius 2 is 2.07 bits per heavy atom. The molecular formula is C19H18ClN5O4. The highest BCUT2D eigenvalue weighted by Crippen LogP contribution is 2.27. The average molecular weight is 416 g/mol. The smallest absolute Gasteiger partial charge is 0.294 e. The van der Waals surface area contributed by atoms with E-state index >= 15 is 0 Å². The van der Waals surface area contributed by atoms with Crippen LogP contribution in [-0.4, -0.2) is 38.8 Å². The van der Waals surface area contributed by atoms with E-state index in [2.05, 4.69) is 15.3 Å². The van der Waals surface area contributed by atoms with Gasteiger partial charge in [-0.25, -0.2) is 4.98 Å². The molecule has 9 nitrogen and oxygen atoms in total. The predicted octanol–water partition coefficient (Wildman–Crippen LogP) is 2.95. The van der Waals surface area contributed by atoms with Gasteiger partial charge in [0, 0.05) is 11.1 Å². The van der Waals surface area contributed by atoms with Crippen molar-refractivity contribution in [2.45, 2.75) is 13.5 Å². The van der Waals surface area contributed by atoms with E-state index in [0.29, 0.717) is 23.3 Å². The van der Waals surface area contributed by atoms with Gasteiger partial charge in [-0.15, -0.1) is 0 Å².